The molecule has 5 nitrogen and oxygen atoms in total. The summed E-state index contributed by atoms with van der Waals surface area (Å²) in [6, 6.07) is 9.11. The second-order valence-electron chi connectivity index (χ2n) is 7.22. The summed E-state index contributed by atoms with van der Waals surface area (Å²) < 4.78 is 5.27. The van der Waals surface area contributed by atoms with E-state index in [2.05, 4.69) is 65.4 Å². The molecule has 1 aliphatic rings. The Kier molecular flexibility index (Phi) is 5.51. The van der Waals surface area contributed by atoms with Crippen molar-refractivity contribution in [1.29, 1.82) is 0 Å². The Hall–Kier alpha value is -1.88. The maximum absolute atomic E-state index is 5.27. The minimum Gasteiger partial charge on any atom is -0.334 e. The van der Waals surface area contributed by atoms with E-state index in [0.29, 0.717) is 12.6 Å². The molecule has 1 aliphatic heterocycles. The molecule has 0 aliphatic carbocycles. The van der Waals surface area contributed by atoms with Crippen LogP contribution in [0.15, 0.2) is 28.8 Å². The number of nitrogens with zero attached hydrogens (tertiary/aromatic N) is 3. The monoisotopic (exact) mass is 328 g/mol. The largest absolute Gasteiger partial charge is 0.334 e. The Morgan fingerprint density at radius 2 is 2.08 bits per heavy atom. The lowest BCUT2D eigenvalue weighted by Gasteiger charge is -2.31. The first-order valence-corrected chi connectivity index (χ1v) is 8.98. The van der Waals surface area contributed by atoms with E-state index in [1.54, 1.807) is 0 Å². The molecule has 1 aromatic carbocycles. The highest BCUT2D eigenvalue weighted by molar-refractivity contribution is 5.31. The molecule has 0 spiro atoms. The number of nitrogens with one attached hydrogen (secondary N) is 1. The fourth-order valence-corrected chi connectivity index (χ4v) is 3.27. The van der Waals surface area contributed by atoms with Crippen molar-refractivity contribution in [2.45, 2.75) is 52.6 Å². The lowest BCUT2D eigenvalue weighted by atomic mass is 9.99. The SMILES string of the molecule is CC1CCCN(Cc2ccccc2CNc2nc(C(C)C)no2)C1. The average molecular weight is 328 g/mol. The van der Waals surface area contributed by atoms with Gasteiger partial charge in [0.05, 0.1) is 0 Å². The van der Waals surface area contributed by atoms with Gasteiger partial charge in [-0.2, -0.15) is 4.98 Å². The Balaban J connectivity index is 1.63. The molecule has 5 heteroatoms. The number of piperidine rings is 1. The maximum Gasteiger partial charge on any atom is 0.321 e. The number of rotatable bonds is 6. The average Bonchev–Trinajstić information content (AvgIpc) is 3.03. The third kappa shape index (κ3) is 4.35. The zero-order chi connectivity index (χ0) is 16.9. The highest BCUT2D eigenvalue weighted by Gasteiger charge is 2.17. The van der Waals surface area contributed by atoms with Crippen LogP contribution >= 0.6 is 0 Å². The Morgan fingerprint density at radius 1 is 1.29 bits per heavy atom. The van der Waals surface area contributed by atoms with Crippen molar-refractivity contribution in [3.8, 4) is 0 Å². The van der Waals surface area contributed by atoms with E-state index >= 15 is 0 Å². The highest BCUT2D eigenvalue weighted by Crippen LogP contribution is 2.20. The first-order valence-electron chi connectivity index (χ1n) is 8.98. The van der Waals surface area contributed by atoms with Gasteiger partial charge >= 0.3 is 6.01 Å². The number of hydrogen-bond acceptors (Lipinski definition) is 5. The van der Waals surface area contributed by atoms with E-state index in [1.165, 1.54) is 37.1 Å². The quantitative estimate of drug-likeness (QED) is 0.867. The minimum absolute atomic E-state index is 0.276. The molecule has 130 valence electrons. The topological polar surface area (TPSA) is 54.2 Å². The second-order valence-corrected chi connectivity index (χ2v) is 7.22. The molecule has 2 aromatic rings. The molecule has 24 heavy (non-hydrogen) atoms. The molecule has 3 rings (SSSR count). The van der Waals surface area contributed by atoms with Gasteiger partial charge in [0.2, 0.25) is 0 Å². The number of anilines is 1. The third-order valence-corrected chi connectivity index (χ3v) is 4.64. The van der Waals surface area contributed by atoms with Crippen LogP contribution in [0, 0.1) is 5.92 Å². The van der Waals surface area contributed by atoms with Crippen LogP contribution in [0.3, 0.4) is 0 Å². The molecule has 1 saturated heterocycles. The van der Waals surface area contributed by atoms with Crippen LogP contribution in [0.5, 0.6) is 0 Å². The maximum atomic E-state index is 5.27. The molecule has 0 radical (unpaired) electrons. The number of benzene rings is 1. The number of aromatic nitrogens is 2. The van der Waals surface area contributed by atoms with Crippen LogP contribution in [0.4, 0.5) is 6.01 Å². The molecule has 0 amide bonds. The van der Waals surface area contributed by atoms with Crippen molar-refractivity contribution in [2.75, 3.05) is 18.4 Å². The van der Waals surface area contributed by atoms with Crippen LogP contribution in [0.1, 0.15) is 56.5 Å². The zero-order valence-corrected chi connectivity index (χ0v) is 15.0. The summed E-state index contributed by atoms with van der Waals surface area (Å²) in [5.41, 5.74) is 2.67. The van der Waals surface area contributed by atoms with E-state index in [9.17, 15) is 0 Å². The Morgan fingerprint density at radius 3 is 2.79 bits per heavy atom. The lowest BCUT2D eigenvalue weighted by molar-refractivity contribution is 0.176. The zero-order valence-electron chi connectivity index (χ0n) is 15.0. The molecule has 1 unspecified atom stereocenters. The molecule has 1 fully saturated rings. The van der Waals surface area contributed by atoms with E-state index in [4.69, 9.17) is 4.52 Å². The lowest BCUT2D eigenvalue weighted by Crippen LogP contribution is -2.34. The van der Waals surface area contributed by atoms with Gasteiger partial charge in [-0.1, -0.05) is 50.2 Å². The van der Waals surface area contributed by atoms with Gasteiger partial charge in [-0.3, -0.25) is 4.90 Å². The van der Waals surface area contributed by atoms with Crippen molar-refractivity contribution in [3.05, 3.63) is 41.2 Å². The van der Waals surface area contributed by atoms with Gasteiger partial charge in [0.25, 0.3) is 0 Å². The van der Waals surface area contributed by atoms with Gasteiger partial charge in [-0.25, -0.2) is 0 Å². The van der Waals surface area contributed by atoms with E-state index in [0.717, 1.165) is 18.3 Å². The Bertz CT molecular complexity index is 652. The summed E-state index contributed by atoms with van der Waals surface area (Å²) in [5.74, 6) is 1.82. The first-order chi connectivity index (χ1) is 11.6. The molecule has 1 N–H and O–H groups in total. The fourth-order valence-electron chi connectivity index (χ4n) is 3.27. The second kappa shape index (κ2) is 7.79. The summed E-state index contributed by atoms with van der Waals surface area (Å²) in [7, 11) is 0. The molecule has 2 heterocycles. The first kappa shape index (κ1) is 17.0. The van der Waals surface area contributed by atoms with Gasteiger partial charge < -0.3 is 9.84 Å². The van der Waals surface area contributed by atoms with Gasteiger partial charge in [0, 0.05) is 25.6 Å². The summed E-state index contributed by atoms with van der Waals surface area (Å²) in [5, 5.41) is 7.26. The van der Waals surface area contributed by atoms with E-state index < -0.39 is 0 Å². The number of hydrogen-bond donors (Lipinski definition) is 1. The van der Waals surface area contributed by atoms with Crippen LogP contribution in [0.2, 0.25) is 0 Å². The summed E-state index contributed by atoms with van der Waals surface area (Å²) >= 11 is 0. The molecular weight excluding hydrogens is 300 g/mol. The summed E-state index contributed by atoms with van der Waals surface area (Å²) in [6.07, 6.45) is 2.66. The van der Waals surface area contributed by atoms with Crippen molar-refractivity contribution < 1.29 is 4.52 Å². The molecule has 1 atom stereocenters. The Labute approximate surface area is 144 Å². The van der Waals surface area contributed by atoms with E-state index in [-0.39, 0.29) is 5.92 Å². The van der Waals surface area contributed by atoms with Crippen LogP contribution in [-0.4, -0.2) is 28.1 Å². The van der Waals surface area contributed by atoms with Crippen molar-refractivity contribution in [3.63, 3.8) is 0 Å². The molecule has 0 saturated carbocycles. The normalized spacial score (nSPS) is 18.9. The summed E-state index contributed by atoms with van der Waals surface area (Å²) in [6.45, 7) is 10.6. The molecule has 1 aromatic heterocycles. The predicted octanol–water partition coefficient (Wildman–Crippen LogP) is 4.04. The third-order valence-electron chi connectivity index (χ3n) is 4.64. The van der Waals surface area contributed by atoms with Crippen molar-refractivity contribution in [2.24, 2.45) is 5.92 Å². The minimum atomic E-state index is 0.276. The smallest absolute Gasteiger partial charge is 0.321 e. The van der Waals surface area contributed by atoms with Gasteiger partial charge in [-0.05, 0) is 36.4 Å². The summed E-state index contributed by atoms with van der Waals surface area (Å²) in [4.78, 5) is 6.95. The van der Waals surface area contributed by atoms with E-state index in [1.807, 2.05) is 0 Å². The van der Waals surface area contributed by atoms with Gasteiger partial charge in [0.1, 0.15) is 0 Å². The molecule has 0 bridgehead atoms. The van der Waals surface area contributed by atoms with Gasteiger partial charge in [-0.15, -0.1) is 0 Å². The van der Waals surface area contributed by atoms with Crippen LogP contribution < -0.4 is 5.32 Å². The predicted molar refractivity (Wildman–Crippen MR) is 95.8 cm³/mol. The van der Waals surface area contributed by atoms with Crippen LogP contribution in [-0.2, 0) is 13.1 Å². The number of likely N-dealkylation sites (tertiary alicyclic amines) is 1. The fraction of sp³-hybridized carbons (Fsp3) is 0.579. The van der Waals surface area contributed by atoms with Crippen molar-refractivity contribution >= 4 is 6.01 Å². The van der Waals surface area contributed by atoms with Crippen molar-refractivity contribution in [1.82, 2.24) is 15.0 Å². The molecular formula is C19H28N4O. The standard InChI is InChI=1S/C19H28N4O/c1-14(2)18-21-19(24-22-18)20-11-16-8-4-5-9-17(16)13-23-10-6-7-15(3)12-23/h4-5,8-9,14-15H,6-7,10-13H2,1-3H3,(H,20,21,22). The van der Waals surface area contributed by atoms with Crippen LogP contribution in [0.25, 0.3) is 0 Å². The van der Waals surface area contributed by atoms with Gasteiger partial charge in [0.15, 0.2) is 5.82 Å². The highest BCUT2D eigenvalue weighted by atomic mass is 16.5.